The van der Waals surface area contributed by atoms with Gasteiger partial charge in [-0.05, 0) is 24.5 Å². The Balaban J connectivity index is 0.00000128. The van der Waals surface area contributed by atoms with E-state index in [0.717, 1.165) is 6.42 Å². The smallest absolute Gasteiger partial charge is 0.123 e. The maximum Gasteiger partial charge on any atom is 0.123 e. The first-order valence-corrected chi connectivity index (χ1v) is 5.77. The molecule has 1 aromatic carbocycles. The predicted octanol–water partition coefficient (Wildman–Crippen LogP) is 3.92. The second kappa shape index (κ2) is 5.46. The summed E-state index contributed by atoms with van der Waals surface area (Å²) in [4.78, 5) is 0. The van der Waals surface area contributed by atoms with E-state index in [-0.39, 0.29) is 24.2 Å². The standard InChI is InChI=1S/C11H13Cl2NO.ClH/c12-7-4-8(13)11(10(15)5-7)9(14)3-6-1-2-6;/h4-6,9,15H,1-3,14H2;1H/t9-;/m0./s1. The first-order chi connectivity index (χ1) is 7.08. The van der Waals surface area contributed by atoms with Crippen LogP contribution in [0.1, 0.15) is 30.9 Å². The van der Waals surface area contributed by atoms with Crippen LogP contribution in [0.4, 0.5) is 0 Å². The molecule has 0 aliphatic heterocycles. The number of phenols is 1. The number of rotatable bonds is 3. The summed E-state index contributed by atoms with van der Waals surface area (Å²) < 4.78 is 0. The summed E-state index contributed by atoms with van der Waals surface area (Å²) in [7, 11) is 0. The average Bonchev–Trinajstić information content (AvgIpc) is 2.85. The van der Waals surface area contributed by atoms with Gasteiger partial charge in [-0.15, -0.1) is 12.4 Å². The Hall–Kier alpha value is -0.150. The van der Waals surface area contributed by atoms with Gasteiger partial charge < -0.3 is 10.8 Å². The fraction of sp³-hybridized carbons (Fsp3) is 0.455. The number of benzene rings is 1. The monoisotopic (exact) mass is 281 g/mol. The third kappa shape index (κ3) is 3.17. The highest BCUT2D eigenvalue weighted by atomic mass is 35.5. The molecule has 2 rings (SSSR count). The van der Waals surface area contributed by atoms with Crippen molar-refractivity contribution in [2.45, 2.75) is 25.3 Å². The van der Waals surface area contributed by atoms with Crippen LogP contribution < -0.4 is 5.73 Å². The summed E-state index contributed by atoms with van der Waals surface area (Å²) in [5, 5.41) is 10.6. The third-order valence-corrected chi connectivity index (χ3v) is 3.26. The fourth-order valence-corrected chi connectivity index (χ4v) is 2.39. The molecule has 2 nitrogen and oxygen atoms in total. The molecular formula is C11H14Cl3NO. The molecule has 1 fully saturated rings. The predicted molar refractivity (Wildman–Crippen MR) is 69.6 cm³/mol. The Morgan fingerprint density at radius 2 is 2.00 bits per heavy atom. The van der Waals surface area contributed by atoms with Crippen molar-refractivity contribution in [3.05, 3.63) is 27.7 Å². The van der Waals surface area contributed by atoms with E-state index in [2.05, 4.69) is 0 Å². The average molecular weight is 283 g/mol. The van der Waals surface area contributed by atoms with E-state index in [1.807, 2.05) is 0 Å². The molecule has 3 N–H and O–H groups in total. The molecule has 0 unspecified atom stereocenters. The van der Waals surface area contributed by atoms with E-state index >= 15 is 0 Å². The van der Waals surface area contributed by atoms with Crippen molar-refractivity contribution < 1.29 is 5.11 Å². The molecule has 0 spiro atoms. The molecule has 5 heteroatoms. The van der Waals surface area contributed by atoms with Gasteiger partial charge in [0, 0.05) is 16.6 Å². The molecule has 0 aromatic heterocycles. The number of hydrogen-bond acceptors (Lipinski definition) is 2. The molecular weight excluding hydrogens is 268 g/mol. The van der Waals surface area contributed by atoms with Crippen LogP contribution in [0.5, 0.6) is 5.75 Å². The van der Waals surface area contributed by atoms with Crippen molar-refractivity contribution in [3.8, 4) is 5.75 Å². The molecule has 1 aromatic rings. The minimum absolute atomic E-state index is 0. The summed E-state index contributed by atoms with van der Waals surface area (Å²) in [6, 6.07) is 2.91. The van der Waals surface area contributed by atoms with Gasteiger partial charge in [0.25, 0.3) is 0 Å². The molecule has 1 aliphatic carbocycles. The van der Waals surface area contributed by atoms with E-state index in [4.69, 9.17) is 28.9 Å². The Labute approximate surface area is 111 Å². The van der Waals surface area contributed by atoms with Gasteiger partial charge in [-0.1, -0.05) is 36.0 Å². The van der Waals surface area contributed by atoms with Crippen LogP contribution in [0.3, 0.4) is 0 Å². The van der Waals surface area contributed by atoms with Gasteiger partial charge >= 0.3 is 0 Å². The summed E-state index contributed by atoms with van der Waals surface area (Å²) in [6.45, 7) is 0. The van der Waals surface area contributed by atoms with Crippen molar-refractivity contribution in [1.29, 1.82) is 0 Å². The first-order valence-electron chi connectivity index (χ1n) is 5.01. The van der Waals surface area contributed by atoms with Crippen molar-refractivity contribution in [2.24, 2.45) is 11.7 Å². The molecule has 1 atom stereocenters. The summed E-state index contributed by atoms with van der Waals surface area (Å²) in [5.41, 5.74) is 6.62. The molecule has 90 valence electrons. The van der Waals surface area contributed by atoms with Crippen LogP contribution in [0, 0.1) is 5.92 Å². The number of nitrogens with two attached hydrogens (primary N) is 1. The van der Waals surface area contributed by atoms with Gasteiger partial charge in [0.2, 0.25) is 0 Å². The minimum Gasteiger partial charge on any atom is -0.508 e. The van der Waals surface area contributed by atoms with Crippen LogP contribution in [0.25, 0.3) is 0 Å². The molecule has 0 radical (unpaired) electrons. The highest BCUT2D eigenvalue weighted by molar-refractivity contribution is 6.35. The lowest BCUT2D eigenvalue weighted by Crippen LogP contribution is -2.11. The Kier molecular flexibility index (Phi) is 4.74. The van der Waals surface area contributed by atoms with E-state index in [0.29, 0.717) is 21.5 Å². The minimum atomic E-state index is -0.192. The number of aromatic hydroxyl groups is 1. The van der Waals surface area contributed by atoms with Gasteiger partial charge in [0.05, 0.1) is 5.02 Å². The summed E-state index contributed by atoms with van der Waals surface area (Å²) in [5.74, 6) is 0.798. The van der Waals surface area contributed by atoms with E-state index < -0.39 is 0 Å². The molecule has 16 heavy (non-hydrogen) atoms. The van der Waals surface area contributed by atoms with Gasteiger partial charge in [-0.25, -0.2) is 0 Å². The Morgan fingerprint density at radius 3 is 2.50 bits per heavy atom. The van der Waals surface area contributed by atoms with Crippen LogP contribution in [-0.4, -0.2) is 5.11 Å². The molecule has 0 heterocycles. The lowest BCUT2D eigenvalue weighted by molar-refractivity contribution is 0.455. The van der Waals surface area contributed by atoms with Crippen molar-refractivity contribution >= 4 is 35.6 Å². The number of halogens is 3. The van der Waals surface area contributed by atoms with E-state index in [9.17, 15) is 5.11 Å². The second-order valence-electron chi connectivity index (χ2n) is 4.11. The van der Waals surface area contributed by atoms with Gasteiger partial charge in [-0.3, -0.25) is 0 Å². The lowest BCUT2D eigenvalue weighted by Gasteiger charge is -2.15. The van der Waals surface area contributed by atoms with Gasteiger partial charge in [0.1, 0.15) is 5.75 Å². The van der Waals surface area contributed by atoms with Crippen molar-refractivity contribution in [1.82, 2.24) is 0 Å². The van der Waals surface area contributed by atoms with Crippen LogP contribution in [-0.2, 0) is 0 Å². The van der Waals surface area contributed by atoms with Crippen LogP contribution >= 0.6 is 35.6 Å². The highest BCUT2D eigenvalue weighted by Crippen LogP contribution is 2.41. The quantitative estimate of drug-likeness (QED) is 0.882. The van der Waals surface area contributed by atoms with Gasteiger partial charge in [-0.2, -0.15) is 0 Å². The molecule has 1 aliphatic rings. The SMILES string of the molecule is Cl.N[C@@H](CC1CC1)c1c(O)cc(Cl)cc1Cl. The second-order valence-corrected chi connectivity index (χ2v) is 4.95. The maximum absolute atomic E-state index is 9.73. The topological polar surface area (TPSA) is 46.2 Å². The Bertz CT molecular complexity index is 356. The normalized spacial score (nSPS) is 16.7. The largest absolute Gasteiger partial charge is 0.508 e. The maximum atomic E-state index is 9.73. The van der Waals surface area contributed by atoms with Crippen LogP contribution in [0.15, 0.2) is 12.1 Å². The van der Waals surface area contributed by atoms with Crippen LogP contribution in [0.2, 0.25) is 10.0 Å². The van der Waals surface area contributed by atoms with Gasteiger partial charge in [0.15, 0.2) is 0 Å². The number of hydrogen-bond donors (Lipinski definition) is 2. The lowest BCUT2D eigenvalue weighted by atomic mass is 10.0. The fourth-order valence-electron chi connectivity index (χ4n) is 1.77. The zero-order valence-electron chi connectivity index (χ0n) is 8.62. The van der Waals surface area contributed by atoms with Crippen molar-refractivity contribution in [2.75, 3.05) is 0 Å². The summed E-state index contributed by atoms with van der Waals surface area (Å²) >= 11 is 11.8. The Morgan fingerprint density at radius 1 is 1.38 bits per heavy atom. The zero-order chi connectivity index (χ0) is 11.0. The molecule has 1 saturated carbocycles. The third-order valence-electron chi connectivity index (χ3n) is 2.73. The van der Waals surface area contributed by atoms with E-state index in [1.165, 1.54) is 18.9 Å². The molecule has 0 saturated heterocycles. The highest BCUT2D eigenvalue weighted by Gasteiger charge is 2.26. The summed E-state index contributed by atoms with van der Waals surface area (Å²) in [6.07, 6.45) is 3.36. The van der Waals surface area contributed by atoms with E-state index in [1.54, 1.807) is 6.07 Å². The first kappa shape index (κ1) is 13.9. The molecule has 0 bridgehead atoms. The zero-order valence-corrected chi connectivity index (χ0v) is 10.9. The molecule has 0 amide bonds. The number of phenolic OH excluding ortho intramolecular Hbond substituents is 1. The van der Waals surface area contributed by atoms with Crippen molar-refractivity contribution in [3.63, 3.8) is 0 Å².